The number of thiophene rings is 1. The standard InChI is InChI=1S/C13H6F4O2S/c14-7-5-8(15)13(17)11(12(7)16)9-3-1-6(20-9)2-4-10(18)19/h1-5H,(H,18,19)/b4-2+. The van der Waals surface area contributed by atoms with Gasteiger partial charge in [-0.05, 0) is 18.2 Å². The van der Waals surface area contributed by atoms with Crippen LogP contribution in [0.2, 0.25) is 0 Å². The second-order valence-corrected chi connectivity index (χ2v) is 4.83. The highest BCUT2D eigenvalue weighted by atomic mass is 32.1. The van der Waals surface area contributed by atoms with Crippen molar-refractivity contribution in [2.24, 2.45) is 0 Å². The number of rotatable bonds is 3. The predicted molar refractivity (Wildman–Crippen MR) is 66.3 cm³/mol. The van der Waals surface area contributed by atoms with E-state index in [-0.39, 0.29) is 10.9 Å². The Morgan fingerprint density at radius 2 is 1.70 bits per heavy atom. The molecule has 0 atom stereocenters. The van der Waals surface area contributed by atoms with Gasteiger partial charge in [-0.15, -0.1) is 11.3 Å². The van der Waals surface area contributed by atoms with Crippen LogP contribution in [0, 0.1) is 23.3 Å². The lowest BCUT2D eigenvalue weighted by molar-refractivity contribution is -0.131. The van der Waals surface area contributed by atoms with Crippen molar-refractivity contribution >= 4 is 23.4 Å². The first-order valence-corrected chi connectivity index (χ1v) is 6.06. The maximum absolute atomic E-state index is 13.6. The molecule has 1 aromatic carbocycles. The summed E-state index contributed by atoms with van der Waals surface area (Å²) in [7, 11) is 0. The van der Waals surface area contributed by atoms with Crippen molar-refractivity contribution in [2.75, 3.05) is 0 Å². The first-order valence-electron chi connectivity index (χ1n) is 5.24. The fourth-order valence-corrected chi connectivity index (χ4v) is 2.46. The third-order valence-corrected chi connectivity index (χ3v) is 3.44. The predicted octanol–water partition coefficient (Wildman–Crippen LogP) is 4.07. The summed E-state index contributed by atoms with van der Waals surface area (Å²) in [6, 6.07) is 2.78. The number of hydrogen-bond acceptors (Lipinski definition) is 2. The van der Waals surface area contributed by atoms with E-state index >= 15 is 0 Å². The Kier molecular flexibility index (Phi) is 3.89. The van der Waals surface area contributed by atoms with Crippen molar-refractivity contribution in [1.82, 2.24) is 0 Å². The van der Waals surface area contributed by atoms with Crippen LogP contribution in [0.1, 0.15) is 4.88 Å². The summed E-state index contributed by atoms with van der Waals surface area (Å²) >= 11 is 0.810. The lowest BCUT2D eigenvalue weighted by Crippen LogP contribution is -1.97. The fourth-order valence-electron chi connectivity index (χ4n) is 1.52. The number of carboxylic acids is 1. The van der Waals surface area contributed by atoms with Crippen LogP contribution in [0.3, 0.4) is 0 Å². The zero-order valence-corrected chi connectivity index (χ0v) is 10.5. The van der Waals surface area contributed by atoms with Gasteiger partial charge in [0.25, 0.3) is 0 Å². The maximum Gasteiger partial charge on any atom is 0.328 e. The van der Waals surface area contributed by atoms with Crippen LogP contribution in [0.5, 0.6) is 0 Å². The Morgan fingerprint density at radius 3 is 2.25 bits per heavy atom. The number of carbonyl (C=O) groups is 1. The number of hydrogen-bond donors (Lipinski definition) is 1. The van der Waals surface area contributed by atoms with E-state index in [1.165, 1.54) is 18.2 Å². The number of aliphatic carboxylic acids is 1. The van der Waals surface area contributed by atoms with E-state index in [0.717, 1.165) is 17.4 Å². The third kappa shape index (κ3) is 2.72. The Balaban J connectivity index is 2.50. The van der Waals surface area contributed by atoms with Crippen molar-refractivity contribution in [2.45, 2.75) is 0 Å². The molecule has 0 spiro atoms. The Morgan fingerprint density at radius 1 is 1.10 bits per heavy atom. The van der Waals surface area contributed by atoms with Crippen molar-refractivity contribution < 1.29 is 27.5 Å². The smallest absolute Gasteiger partial charge is 0.328 e. The molecular weight excluding hydrogens is 296 g/mol. The molecule has 7 heteroatoms. The summed E-state index contributed by atoms with van der Waals surface area (Å²) in [5, 5.41) is 8.46. The number of halogens is 4. The molecule has 0 aliphatic rings. The van der Waals surface area contributed by atoms with Crippen LogP contribution in [-0.4, -0.2) is 11.1 Å². The van der Waals surface area contributed by atoms with Gasteiger partial charge in [-0.3, -0.25) is 0 Å². The first kappa shape index (κ1) is 14.3. The van der Waals surface area contributed by atoms with E-state index in [9.17, 15) is 22.4 Å². The molecule has 0 saturated carbocycles. The first-order chi connectivity index (χ1) is 9.40. The van der Waals surface area contributed by atoms with Gasteiger partial charge in [-0.25, -0.2) is 22.4 Å². The summed E-state index contributed by atoms with van der Waals surface area (Å²) in [4.78, 5) is 10.7. The summed E-state index contributed by atoms with van der Waals surface area (Å²) < 4.78 is 53.3. The highest BCUT2D eigenvalue weighted by Gasteiger charge is 2.21. The van der Waals surface area contributed by atoms with Gasteiger partial charge < -0.3 is 5.11 Å². The second-order valence-electron chi connectivity index (χ2n) is 3.72. The molecule has 2 nitrogen and oxygen atoms in total. The van der Waals surface area contributed by atoms with Gasteiger partial charge in [0.1, 0.15) is 0 Å². The average molecular weight is 302 g/mol. The zero-order valence-electron chi connectivity index (χ0n) is 9.66. The Bertz CT molecular complexity index is 680. The van der Waals surface area contributed by atoms with E-state index in [1.54, 1.807) is 0 Å². The van der Waals surface area contributed by atoms with Gasteiger partial charge in [-0.2, -0.15) is 0 Å². The van der Waals surface area contributed by atoms with Gasteiger partial charge in [0, 0.05) is 21.9 Å². The summed E-state index contributed by atoms with van der Waals surface area (Å²) in [5.74, 6) is -7.14. The van der Waals surface area contributed by atoms with E-state index in [1.807, 2.05) is 0 Å². The van der Waals surface area contributed by atoms with E-state index < -0.39 is 34.8 Å². The van der Waals surface area contributed by atoms with Crippen LogP contribution in [0.4, 0.5) is 17.6 Å². The van der Waals surface area contributed by atoms with Crippen molar-refractivity contribution in [3.05, 3.63) is 52.4 Å². The van der Waals surface area contributed by atoms with Gasteiger partial charge in [0.15, 0.2) is 23.3 Å². The van der Waals surface area contributed by atoms with Gasteiger partial charge in [0.05, 0.1) is 5.56 Å². The summed E-state index contributed by atoms with van der Waals surface area (Å²) in [6.45, 7) is 0. The molecule has 0 saturated heterocycles. The molecule has 0 aliphatic heterocycles. The van der Waals surface area contributed by atoms with E-state index in [2.05, 4.69) is 0 Å². The zero-order chi connectivity index (χ0) is 14.9. The molecule has 0 radical (unpaired) electrons. The molecular formula is C13H6F4O2S. The third-order valence-electron chi connectivity index (χ3n) is 2.38. The number of carboxylic acid groups (broad SMARTS) is 1. The highest BCUT2D eigenvalue weighted by Crippen LogP contribution is 2.34. The van der Waals surface area contributed by atoms with Crippen molar-refractivity contribution in [3.8, 4) is 10.4 Å². The lowest BCUT2D eigenvalue weighted by Gasteiger charge is -2.04. The van der Waals surface area contributed by atoms with Gasteiger partial charge in [-0.1, -0.05) is 0 Å². The highest BCUT2D eigenvalue weighted by molar-refractivity contribution is 7.16. The Hall–Kier alpha value is -2.15. The molecule has 2 aromatic rings. The summed E-state index contributed by atoms with van der Waals surface area (Å²) in [6.07, 6.45) is 2.05. The van der Waals surface area contributed by atoms with Crippen LogP contribution in [0.15, 0.2) is 24.3 Å². The molecule has 0 unspecified atom stereocenters. The quantitative estimate of drug-likeness (QED) is 0.527. The van der Waals surface area contributed by atoms with E-state index in [0.29, 0.717) is 4.88 Å². The monoisotopic (exact) mass is 302 g/mol. The van der Waals surface area contributed by atoms with Crippen LogP contribution >= 0.6 is 11.3 Å². The number of benzene rings is 1. The molecule has 2 rings (SSSR count). The molecule has 1 heterocycles. The molecule has 1 N–H and O–H groups in total. The van der Waals surface area contributed by atoms with Crippen LogP contribution in [-0.2, 0) is 4.79 Å². The van der Waals surface area contributed by atoms with Crippen molar-refractivity contribution in [1.29, 1.82) is 0 Å². The normalized spacial score (nSPS) is 11.2. The van der Waals surface area contributed by atoms with E-state index in [4.69, 9.17) is 5.11 Å². The topological polar surface area (TPSA) is 37.3 Å². The molecule has 104 valence electrons. The molecule has 0 bridgehead atoms. The average Bonchev–Trinajstić information content (AvgIpc) is 2.83. The Labute approximate surface area is 114 Å². The molecule has 1 aromatic heterocycles. The molecule has 0 fully saturated rings. The SMILES string of the molecule is O=C(O)/C=C/c1ccc(-c2c(F)c(F)cc(F)c2F)s1. The van der Waals surface area contributed by atoms with Crippen LogP contribution < -0.4 is 0 Å². The molecule has 0 amide bonds. The minimum atomic E-state index is -1.49. The van der Waals surface area contributed by atoms with Gasteiger partial charge in [0.2, 0.25) is 0 Å². The maximum atomic E-state index is 13.6. The minimum absolute atomic E-state index is 0.0385. The molecule has 20 heavy (non-hydrogen) atoms. The summed E-state index contributed by atoms with van der Waals surface area (Å²) in [5.41, 5.74) is -0.803. The minimum Gasteiger partial charge on any atom is -0.478 e. The largest absolute Gasteiger partial charge is 0.478 e. The molecule has 0 aliphatic carbocycles. The fraction of sp³-hybridized carbons (Fsp3) is 0. The lowest BCUT2D eigenvalue weighted by atomic mass is 10.1. The second kappa shape index (κ2) is 5.46. The van der Waals surface area contributed by atoms with Crippen molar-refractivity contribution in [3.63, 3.8) is 0 Å². The van der Waals surface area contributed by atoms with Gasteiger partial charge >= 0.3 is 5.97 Å². The van der Waals surface area contributed by atoms with Crippen LogP contribution in [0.25, 0.3) is 16.5 Å².